The molecule has 1 N–H and O–H groups in total. The van der Waals surface area contributed by atoms with Gasteiger partial charge in [0.1, 0.15) is 15.6 Å². The number of amides is 3. The smallest absolute Gasteiger partial charge is 0.264 e. The number of nitrogens with one attached hydrogen (secondary N) is 1. The third-order valence-corrected chi connectivity index (χ3v) is 5.71. The van der Waals surface area contributed by atoms with E-state index < -0.39 is 39.4 Å². The van der Waals surface area contributed by atoms with Gasteiger partial charge in [-0.1, -0.05) is 18.2 Å². The second-order valence-electron chi connectivity index (χ2n) is 7.33. The first-order chi connectivity index (χ1) is 15.1. The number of rotatable bonds is 9. The van der Waals surface area contributed by atoms with E-state index in [1.54, 1.807) is 30.3 Å². The summed E-state index contributed by atoms with van der Waals surface area (Å²) in [6.07, 6.45) is 1.04. The van der Waals surface area contributed by atoms with Crippen LogP contribution in [0.2, 0.25) is 0 Å². The van der Waals surface area contributed by atoms with Gasteiger partial charge in [0.25, 0.3) is 11.8 Å². The van der Waals surface area contributed by atoms with Gasteiger partial charge >= 0.3 is 0 Å². The van der Waals surface area contributed by atoms with Crippen LogP contribution in [0.1, 0.15) is 46.2 Å². The Morgan fingerprint density at radius 2 is 1.84 bits per heavy atom. The summed E-state index contributed by atoms with van der Waals surface area (Å²) < 4.78 is 35.1. The minimum absolute atomic E-state index is 0.00376. The van der Waals surface area contributed by atoms with Crippen LogP contribution in [0.4, 0.5) is 5.69 Å². The van der Waals surface area contributed by atoms with Gasteiger partial charge in [0.2, 0.25) is 5.91 Å². The Bertz CT molecular complexity index is 1160. The number of imide groups is 1. The fourth-order valence-electron chi connectivity index (χ4n) is 3.49. The standard InChI is InChI=1S/C22H24N2O7S/c1-4-30-13-31-16-8-5-7-15(11-16)19(12-32(3,28)29)24-21(26)17-9-6-10-18(23-14(2)25)20(17)22(24)27/h5-11,19H,4,12-13H2,1-3H3,(H,23,25). The molecule has 1 heterocycles. The highest BCUT2D eigenvalue weighted by Gasteiger charge is 2.43. The van der Waals surface area contributed by atoms with Gasteiger partial charge in [0, 0.05) is 19.8 Å². The molecule has 0 saturated carbocycles. The summed E-state index contributed by atoms with van der Waals surface area (Å²) >= 11 is 0. The van der Waals surface area contributed by atoms with Crippen molar-refractivity contribution in [2.24, 2.45) is 0 Å². The van der Waals surface area contributed by atoms with Crippen LogP contribution in [-0.4, -0.2) is 56.4 Å². The first-order valence-electron chi connectivity index (χ1n) is 9.89. The quantitative estimate of drug-likeness (QED) is 0.347. The van der Waals surface area contributed by atoms with Crippen LogP contribution < -0.4 is 10.1 Å². The summed E-state index contributed by atoms with van der Waals surface area (Å²) in [6, 6.07) is 9.96. The molecule has 32 heavy (non-hydrogen) atoms. The number of hydrogen-bond donors (Lipinski definition) is 1. The maximum Gasteiger partial charge on any atom is 0.264 e. The van der Waals surface area contributed by atoms with Crippen LogP contribution >= 0.6 is 0 Å². The third kappa shape index (κ3) is 5.14. The average molecular weight is 461 g/mol. The minimum atomic E-state index is -3.59. The molecule has 0 aromatic heterocycles. The lowest BCUT2D eigenvalue weighted by atomic mass is 10.1. The van der Waals surface area contributed by atoms with Crippen molar-refractivity contribution in [3.8, 4) is 5.75 Å². The Kier molecular flexibility index (Phi) is 6.95. The SMILES string of the molecule is CCOCOc1cccc(C(CS(C)(=O)=O)N2C(=O)c3cccc(NC(C)=O)c3C2=O)c1. The van der Waals surface area contributed by atoms with E-state index in [1.807, 2.05) is 6.92 Å². The van der Waals surface area contributed by atoms with Crippen LogP contribution in [0, 0.1) is 0 Å². The van der Waals surface area contributed by atoms with E-state index >= 15 is 0 Å². The number of benzene rings is 2. The number of ether oxygens (including phenoxy) is 2. The second kappa shape index (κ2) is 9.49. The highest BCUT2D eigenvalue weighted by atomic mass is 32.2. The van der Waals surface area contributed by atoms with E-state index in [4.69, 9.17) is 9.47 Å². The van der Waals surface area contributed by atoms with E-state index in [1.165, 1.54) is 19.1 Å². The average Bonchev–Trinajstić information content (AvgIpc) is 2.97. The monoisotopic (exact) mass is 460 g/mol. The van der Waals surface area contributed by atoms with Gasteiger partial charge in [-0.25, -0.2) is 8.42 Å². The lowest BCUT2D eigenvalue weighted by Gasteiger charge is -2.26. The highest BCUT2D eigenvalue weighted by Crippen LogP contribution is 2.36. The van der Waals surface area contributed by atoms with Gasteiger partial charge in [0.15, 0.2) is 6.79 Å². The molecule has 2 aromatic carbocycles. The van der Waals surface area contributed by atoms with Crippen molar-refractivity contribution in [1.29, 1.82) is 0 Å². The van der Waals surface area contributed by atoms with Gasteiger partial charge in [0.05, 0.1) is 28.6 Å². The molecule has 1 aliphatic rings. The summed E-state index contributed by atoms with van der Waals surface area (Å²) in [5.41, 5.74) is 0.751. The Labute approximate surface area is 186 Å². The van der Waals surface area contributed by atoms with Gasteiger partial charge in [-0.3, -0.25) is 19.3 Å². The first kappa shape index (κ1) is 23.4. The van der Waals surface area contributed by atoms with Crippen molar-refractivity contribution in [3.05, 3.63) is 59.2 Å². The molecule has 0 bridgehead atoms. The lowest BCUT2D eigenvalue weighted by Crippen LogP contribution is -2.37. The molecule has 170 valence electrons. The number of carbonyl (C=O) groups excluding carboxylic acids is 3. The van der Waals surface area contributed by atoms with Crippen molar-refractivity contribution >= 4 is 33.2 Å². The molecule has 0 aliphatic carbocycles. The maximum atomic E-state index is 13.3. The summed E-state index contributed by atoms with van der Waals surface area (Å²) in [5.74, 6) is -1.77. The van der Waals surface area contributed by atoms with Crippen molar-refractivity contribution in [3.63, 3.8) is 0 Å². The van der Waals surface area contributed by atoms with Gasteiger partial charge in [-0.05, 0) is 36.8 Å². The molecule has 3 rings (SSSR count). The van der Waals surface area contributed by atoms with Crippen molar-refractivity contribution in [2.45, 2.75) is 19.9 Å². The largest absolute Gasteiger partial charge is 0.468 e. The molecule has 0 spiro atoms. The van der Waals surface area contributed by atoms with Crippen molar-refractivity contribution < 1.29 is 32.3 Å². The molecule has 0 radical (unpaired) electrons. The molecule has 1 unspecified atom stereocenters. The van der Waals surface area contributed by atoms with Crippen LogP contribution in [0.3, 0.4) is 0 Å². The maximum absolute atomic E-state index is 13.3. The zero-order valence-corrected chi connectivity index (χ0v) is 18.8. The molecule has 3 amide bonds. The molecule has 1 aliphatic heterocycles. The van der Waals surface area contributed by atoms with Gasteiger partial charge in [-0.2, -0.15) is 0 Å². The topological polar surface area (TPSA) is 119 Å². The predicted molar refractivity (Wildman–Crippen MR) is 117 cm³/mol. The van der Waals surface area contributed by atoms with Crippen LogP contribution in [0.5, 0.6) is 5.75 Å². The molecule has 1 atom stereocenters. The Morgan fingerprint density at radius 3 is 2.50 bits per heavy atom. The summed E-state index contributed by atoms with van der Waals surface area (Å²) in [7, 11) is -3.59. The predicted octanol–water partition coefficient (Wildman–Crippen LogP) is 2.40. The molecule has 10 heteroatoms. The first-order valence-corrected chi connectivity index (χ1v) is 11.9. The lowest BCUT2D eigenvalue weighted by molar-refractivity contribution is -0.114. The van der Waals surface area contributed by atoms with E-state index in [2.05, 4.69) is 5.32 Å². The number of fused-ring (bicyclic) bond motifs is 1. The van der Waals surface area contributed by atoms with Crippen LogP contribution in [-0.2, 0) is 19.4 Å². The minimum Gasteiger partial charge on any atom is -0.468 e. The fraction of sp³-hybridized carbons (Fsp3) is 0.318. The Hall–Kier alpha value is -3.24. The third-order valence-electron chi connectivity index (χ3n) is 4.79. The van der Waals surface area contributed by atoms with E-state index in [0.717, 1.165) is 11.2 Å². The van der Waals surface area contributed by atoms with Crippen LogP contribution in [0.15, 0.2) is 42.5 Å². The molecular weight excluding hydrogens is 436 g/mol. The summed E-state index contributed by atoms with van der Waals surface area (Å²) in [6.45, 7) is 3.57. The zero-order chi connectivity index (χ0) is 23.5. The number of carbonyl (C=O) groups is 3. The normalized spacial score (nSPS) is 14.3. The number of nitrogens with zero attached hydrogens (tertiary/aromatic N) is 1. The molecule has 9 nitrogen and oxygen atoms in total. The Balaban J connectivity index is 2.04. The van der Waals surface area contributed by atoms with Gasteiger partial charge in [-0.15, -0.1) is 0 Å². The Morgan fingerprint density at radius 1 is 1.12 bits per heavy atom. The van der Waals surface area contributed by atoms with Gasteiger partial charge < -0.3 is 14.8 Å². The second-order valence-corrected chi connectivity index (χ2v) is 9.51. The van der Waals surface area contributed by atoms with E-state index in [9.17, 15) is 22.8 Å². The summed E-state index contributed by atoms with van der Waals surface area (Å²) in [4.78, 5) is 39.0. The number of sulfone groups is 1. The van der Waals surface area contributed by atoms with Crippen molar-refractivity contribution in [2.75, 3.05) is 30.7 Å². The molecule has 0 saturated heterocycles. The number of anilines is 1. The molecular formula is C22H24N2O7S. The fourth-order valence-corrected chi connectivity index (χ4v) is 4.41. The van der Waals surface area contributed by atoms with Crippen LogP contribution in [0.25, 0.3) is 0 Å². The highest BCUT2D eigenvalue weighted by molar-refractivity contribution is 7.90. The molecule has 2 aromatic rings. The summed E-state index contributed by atoms with van der Waals surface area (Å²) in [5, 5.41) is 2.55. The number of hydrogen-bond acceptors (Lipinski definition) is 7. The molecule has 0 fully saturated rings. The van der Waals surface area contributed by atoms with E-state index in [-0.39, 0.29) is 23.6 Å². The van der Waals surface area contributed by atoms with Crippen molar-refractivity contribution in [1.82, 2.24) is 4.90 Å². The zero-order valence-electron chi connectivity index (χ0n) is 18.0. The van der Waals surface area contributed by atoms with E-state index in [0.29, 0.717) is 17.9 Å².